The second-order valence-corrected chi connectivity index (χ2v) is 4.22. The van der Waals surface area contributed by atoms with Crippen molar-refractivity contribution in [2.45, 2.75) is 6.92 Å². The van der Waals surface area contributed by atoms with E-state index in [2.05, 4.69) is 46.1 Å². The van der Waals surface area contributed by atoms with Crippen molar-refractivity contribution in [2.24, 2.45) is 0 Å². The molecule has 0 aliphatic heterocycles. The highest BCUT2D eigenvalue weighted by Crippen LogP contribution is 2.19. The van der Waals surface area contributed by atoms with Crippen molar-refractivity contribution in [3.05, 3.63) is 66.5 Å². The number of hydrogen-bond acceptors (Lipinski definition) is 1. The monoisotopic (exact) mass is 234 g/mol. The Morgan fingerprint density at radius 1 is 1.00 bits per heavy atom. The summed E-state index contributed by atoms with van der Waals surface area (Å²) in [6, 6.07) is 14.4. The number of hydrogen-bond donors (Lipinski definition) is 0. The van der Waals surface area contributed by atoms with Gasteiger partial charge in [-0.2, -0.15) is 0 Å². The van der Waals surface area contributed by atoms with Crippen molar-refractivity contribution < 1.29 is 0 Å². The molecule has 88 valence electrons. The maximum Gasteiger partial charge on any atom is 0.137 e. The van der Waals surface area contributed by atoms with E-state index in [0.29, 0.717) is 0 Å². The first kappa shape index (κ1) is 10.8. The highest BCUT2D eigenvalue weighted by atomic mass is 15.0. The Kier molecular flexibility index (Phi) is 2.69. The standard InChI is InChI=1S/C16H14N2/c1-2-6-13-9-10-16-17-15(12-18(16)11-13)14-7-4-3-5-8-14/h2-12H,1H3. The maximum absolute atomic E-state index is 4.62. The molecule has 2 heterocycles. The molecule has 0 N–H and O–H groups in total. The molecule has 18 heavy (non-hydrogen) atoms. The van der Waals surface area contributed by atoms with Crippen LogP contribution in [0.5, 0.6) is 0 Å². The van der Waals surface area contributed by atoms with Crippen molar-refractivity contribution in [1.82, 2.24) is 9.38 Å². The summed E-state index contributed by atoms with van der Waals surface area (Å²) in [5, 5.41) is 0. The Morgan fingerprint density at radius 2 is 1.83 bits per heavy atom. The summed E-state index contributed by atoms with van der Waals surface area (Å²) >= 11 is 0. The van der Waals surface area contributed by atoms with E-state index in [1.54, 1.807) is 0 Å². The lowest BCUT2D eigenvalue weighted by atomic mass is 10.2. The molecule has 3 aromatic rings. The van der Waals surface area contributed by atoms with Gasteiger partial charge in [0.05, 0.1) is 5.69 Å². The molecule has 0 atom stereocenters. The van der Waals surface area contributed by atoms with Crippen molar-refractivity contribution in [2.75, 3.05) is 0 Å². The van der Waals surface area contributed by atoms with Crippen LogP contribution >= 0.6 is 0 Å². The average Bonchev–Trinajstić information content (AvgIpc) is 2.83. The highest BCUT2D eigenvalue weighted by Gasteiger charge is 2.03. The first-order chi connectivity index (χ1) is 8.86. The minimum absolute atomic E-state index is 0.974. The SMILES string of the molecule is CC=Cc1ccc2nc(-c3ccccc3)cn2c1. The van der Waals surface area contributed by atoms with E-state index in [1.165, 1.54) is 5.56 Å². The van der Waals surface area contributed by atoms with Gasteiger partial charge in [-0.25, -0.2) is 4.98 Å². The number of nitrogens with zero attached hydrogens (tertiary/aromatic N) is 2. The molecule has 2 nitrogen and oxygen atoms in total. The molecule has 0 unspecified atom stereocenters. The molecule has 0 amide bonds. The fourth-order valence-electron chi connectivity index (χ4n) is 2.05. The summed E-state index contributed by atoms with van der Waals surface area (Å²) in [6.07, 6.45) is 8.28. The van der Waals surface area contributed by atoms with Gasteiger partial charge in [0, 0.05) is 18.0 Å². The molecule has 0 fully saturated rings. The van der Waals surface area contributed by atoms with Gasteiger partial charge in [-0.05, 0) is 24.6 Å². The van der Waals surface area contributed by atoms with Crippen LogP contribution in [0.15, 0.2) is 60.9 Å². The predicted octanol–water partition coefficient (Wildman–Crippen LogP) is 4.03. The van der Waals surface area contributed by atoms with Crippen LogP contribution in [0.1, 0.15) is 12.5 Å². The van der Waals surface area contributed by atoms with Gasteiger partial charge >= 0.3 is 0 Å². The lowest BCUT2D eigenvalue weighted by Crippen LogP contribution is -1.83. The van der Waals surface area contributed by atoms with Gasteiger partial charge in [0.2, 0.25) is 0 Å². The molecule has 1 aromatic carbocycles. The van der Waals surface area contributed by atoms with Crippen LogP contribution in [0.4, 0.5) is 0 Å². The average molecular weight is 234 g/mol. The van der Waals surface area contributed by atoms with Crippen LogP contribution < -0.4 is 0 Å². The number of benzene rings is 1. The topological polar surface area (TPSA) is 17.3 Å². The van der Waals surface area contributed by atoms with Crippen molar-refractivity contribution >= 4 is 11.7 Å². The molecule has 0 bridgehead atoms. The van der Waals surface area contributed by atoms with Crippen LogP contribution in [0.3, 0.4) is 0 Å². The first-order valence-electron chi connectivity index (χ1n) is 6.04. The van der Waals surface area contributed by atoms with E-state index < -0.39 is 0 Å². The Labute approximate surface area is 106 Å². The van der Waals surface area contributed by atoms with Gasteiger partial charge in [-0.15, -0.1) is 0 Å². The molecule has 0 aliphatic rings. The maximum atomic E-state index is 4.62. The Hall–Kier alpha value is -2.35. The summed E-state index contributed by atoms with van der Waals surface area (Å²) in [6.45, 7) is 2.02. The lowest BCUT2D eigenvalue weighted by molar-refractivity contribution is 1.18. The third-order valence-electron chi connectivity index (χ3n) is 2.90. The fourth-order valence-corrected chi connectivity index (χ4v) is 2.05. The number of imidazole rings is 1. The third-order valence-corrected chi connectivity index (χ3v) is 2.90. The van der Waals surface area contributed by atoms with Gasteiger partial charge in [0.1, 0.15) is 5.65 Å². The molecule has 0 radical (unpaired) electrons. The summed E-state index contributed by atoms with van der Waals surface area (Å²) in [5.74, 6) is 0. The van der Waals surface area contributed by atoms with Crippen LogP contribution in [-0.4, -0.2) is 9.38 Å². The molecule has 3 rings (SSSR count). The largest absolute Gasteiger partial charge is 0.306 e. The molecule has 0 saturated heterocycles. The Morgan fingerprint density at radius 3 is 2.61 bits per heavy atom. The molecule has 0 aliphatic carbocycles. The minimum Gasteiger partial charge on any atom is -0.306 e. The third kappa shape index (κ3) is 1.93. The Balaban J connectivity index is 2.11. The number of pyridine rings is 1. The first-order valence-corrected chi connectivity index (χ1v) is 6.04. The van der Waals surface area contributed by atoms with Gasteiger partial charge < -0.3 is 4.40 Å². The van der Waals surface area contributed by atoms with E-state index >= 15 is 0 Å². The highest BCUT2D eigenvalue weighted by molar-refractivity contribution is 5.63. The van der Waals surface area contributed by atoms with Crippen molar-refractivity contribution in [1.29, 1.82) is 0 Å². The van der Waals surface area contributed by atoms with Crippen LogP contribution in [-0.2, 0) is 0 Å². The zero-order chi connectivity index (χ0) is 12.4. The molecular formula is C16H14N2. The van der Waals surface area contributed by atoms with Crippen LogP contribution in [0.25, 0.3) is 23.0 Å². The lowest BCUT2D eigenvalue weighted by Gasteiger charge is -1.95. The number of fused-ring (bicyclic) bond motifs is 1. The second-order valence-electron chi connectivity index (χ2n) is 4.22. The van der Waals surface area contributed by atoms with E-state index in [4.69, 9.17) is 0 Å². The zero-order valence-electron chi connectivity index (χ0n) is 10.2. The van der Waals surface area contributed by atoms with Gasteiger partial charge in [-0.1, -0.05) is 42.5 Å². The summed E-state index contributed by atoms with van der Waals surface area (Å²) in [7, 11) is 0. The van der Waals surface area contributed by atoms with E-state index in [9.17, 15) is 0 Å². The van der Waals surface area contributed by atoms with Crippen LogP contribution in [0, 0.1) is 0 Å². The smallest absolute Gasteiger partial charge is 0.137 e. The van der Waals surface area contributed by atoms with Crippen LogP contribution in [0.2, 0.25) is 0 Å². The van der Waals surface area contributed by atoms with Gasteiger partial charge in [0.15, 0.2) is 0 Å². The molecular weight excluding hydrogens is 220 g/mol. The summed E-state index contributed by atoms with van der Waals surface area (Å²) in [5.41, 5.74) is 4.31. The van der Waals surface area contributed by atoms with E-state index in [0.717, 1.165) is 16.9 Å². The van der Waals surface area contributed by atoms with Gasteiger partial charge in [-0.3, -0.25) is 0 Å². The van der Waals surface area contributed by atoms with Gasteiger partial charge in [0.25, 0.3) is 0 Å². The number of aromatic nitrogens is 2. The minimum atomic E-state index is 0.974. The summed E-state index contributed by atoms with van der Waals surface area (Å²) in [4.78, 5) is 4.62. The molecule has 2 heteroatoms. The van der Waals surface area contributed by atoms with Crippen molar-refractivity contribution in [3.63, 3.8) is 0 Å². The van der Waals surface area contributed by atoms with E-state index in [1.807, 2.05) is 37.3 Å². The Bertz CT molecular complexity index is 693. The fraction of sp³-hybridized carbons (Fsp3) is 0.0625. The molecule has 0 saturated carbocycles. The molecule has 2 aromatic heterocycles. The second kappa shape index (κ2) is 4.49. The van der Waals surface area contributed by atoms with Crippen molar-refractivity contribution in [3.8, 4) is 11.3 Å². The quantitative estimate of drug-likeness (QED) is 0.654. The summed E-state index contributed by atoms with van der Waals surface area (Å²) < 4.78 is 2.07. The normalized spacial score (nSPS) is 11.4. The van der Waals surface area contributed by atoms with E-state index in [-0.39, 0.29) is 0 Å². The zero-order valence-corrected chi connectivity index (χ0v) is 10.2. The molecule has 0 spiro atoms. The number of allylic oxidation sites excluding steroid dienone is 1. The number of rotatable bonds is 2. The predicted molar refractivity (Wildman–Crippen MR) is 75.3 cm³/mol.